The number of rotatable bonds is 4. The van der Waals surface area contributed by atoms with Gasteiger partial charge in [-0.3, -0.25) is 14.6 Å². The third-order valence-corrected chi connectivity index (χ3v) is 5.54. The van der Waals surface area contributed by atoms with Crippen molar-refractivity contribution in [2.45, 2.75) is 18.5 Å². The molecular formula is C22H25N5O2. The first-order valence-corrected chi connectivity index (χ1v) is 9.80. The van der Waals surface area contributed by atoms with Crippen LogP contribution in [-0.4, -0.2) is 60.0 Å². The van der Waals surface area contributed by atoms with Gasteiger partial charge in [-0.25, -0.2) is 0 Å². The standard InChI is InChI=1S/C22H25N5O2/c1-25-12-13-26(20(15-25)16-8-4-2-5-9-16)22(29)18-14-19(21(23)28)27(24-18)17-10-6-3-7-11-17/h2-11,19-20H,12-15H2,1H3,(H2,23,28)/t19-,20+/m0/s1. The van der Waals surface area contributed by atoms with E-state index in [1.54, 1.807) is 5.01 Å². The predicted molar refractivity (Wildman–Crippen MR) is 112 cm³/mol. The van der Waals surface area contributed by atoms with E-state index in [1.807, 2.05) is 65.6 Å². The smallest absolute Gasteiger partial charge is 0.270 e. The van der Waals surface area contributed by atoms with Gasteiger partial charge in [0, 0.05) is 26.1 Å². The van der Waals surface area contributed by atoms with Gasteiger partial charge < -0.3 is 15.5 Å². The van der Waals surface area contributed by atoms with Gasteiger partial charge in [-0.05, 0) is 24.7 Å². The molecule has 2 atom stereocenters. The summed E-state index contributed by atoms with van der Waals surface area (Å²) >= 11 is 0. The lowest BCUT2D eigenvalue weighted by Crippen LogP contribution is -2.51. The number of anilines is 1. The number of hydrazone groups is 1. The number of carbonyl (C=O) groups excluding carboxylic acids is 2. The monoisotopic (exact) mass is 391 g/mol. The van der Waals surface area contributed by atoms with Crippen molar-refractivity contribution in [2.24, 2.45) is 10.8 Å². The zero-order chi connectivity index (χ0) is 20.4. The molecule has 7 nitrogen and oxygen atoms in total. The minimum atomic E-state index is -0.654. The molecule has 150 valence electrons. The normalized spacial score (nSPS) is 22.4. The summed E-state index contributed by atoms with van der Waals surface area (Å²) in [4.78, 5) is 29.6. The second-order valence-electron chi connectivity index (χ2n) is 7.54. The van der Waals surface area contributed by atoms with Crippen LogP contribution in [0.3, 0.4) is 0 Å². The molecule has 2 aliphatic heterocycles. The fourth-order valence-corrected chi connectivity index (χ4v) is 3.97. The molecule has 1 fully saturated rings. The Labute approximate surface area is 170 Å². The number of para-hydroxylation sites is 1. The molecule has 2 N–H and O–H groups in total. The molecule has 2 aromatic carbocycles. The second-order valence-corrected chi connectivity index (χ2v) is 7.54. The van der Waals surface area contributed by atoms with E-state index in [0.29, 0.717) is 12.3 Å². The summed E-state index contributed by atoms with van der Waals surface area (Å²) in [6.07, 6.45) is 0.219. The van der Waals surface area contributed by atoms with Gasteiger partial charge in [0.15, 0.2) is 0 Å². The Kier molecular flexibility index (Phi) is 5.31. The summed E-state index contributed by atoms with van der Waals surface area (Å²) in [5.41, 5.74) is 7.84. The minimum absolute atomic E-state index is 0.0528. The van der Waals surface area contributed by atoms with Gasteiger partial charge in [-0.2, -0.15) is 5.10 Å². The molecule has 0 spiro atoms. The van der Waals surface area contributed by atoms with Crippen molar-refractivity contribution in [3.63, 3.8) is 0 Å². The second kappa shape index (κ2) is 8.05. The first-order chi connectivity index (χ1) is 14.0. The number of hydrogen-bond acceptors (Lipinski definition) is 5. The van der Waals surface area contributed by atoms with Crippen molar-refractivity contribution >= 4 is 23.2 Å². The fraction of sp³-hybridized carbons (Fsp3) is 0.318. The molecular weight excluding hydrogens is 366 g/mol. The minimum Gasteiger partial charge on any atom is -0.368 e. The molecule has 0 radical (unpaired) electrons. The van der Waals surface area contributed by atoms with Crippen molar-refractivity contribution in [1.82, 2.24) is 9.80 Å². The summed E-state index contributed by atoms with van der Waals surface area (Å²) in [6, 6.07) is 18.7. The molecule has 2 amide bonds. The molecule has 29 heavy (non-hydrogen) atoms. The Balaban J connectivity index is 1.63. The number of primary amides is 1. The number of carbonyl (C=O) groups is 2. The third-order valence-electron chi connectivity index (χ3n) is 5.54. The highest BCUT2D eigenvalue weighted by atomic mass is 16.2. The number of nitrogens with two attached hydrogens (primary N) is 1. The maximum atomic E-state index is 13.4. The number of amides is 2. The quantitative estimate of drug-likeness (QED) is 0.859. The van der Waals surface area contributed by atoms with Gasteiger partial charge in [0.1, 0.15) is 11.8 Å². The maximum Gasteiger partial charge on any atom is 0.270 e. The molecule has 1 saturated heterocycles. The molecule has 7 heteroatoms. The molecule has 0 aliphatic carbocycles. The van der Waals surface area contributed by atoms with Gasteiger partial charge in [0.25, 0.3) is 5.91 Å². The highest BCUT2D eigenvalue weighted by Gasteiger charge is 2.39. The van der Waals surface area contributed by atoms with E-state index in [2.05, 4.69) is 17.0 Å². The zero-order valence-electron chi connectivity index (χ0n) is 16.4. The van der Waals surface area contributed by atoms with Crippen LogP contribution in [-0.2, 0) is 9.59 Å². The van der Waals surface area contributed by atoms with E-state index in [1.165, 1.54) is 0 Å². The number of hydrogen-bond donors (Lipinski definition) is 1. The average Bonchev–Trinajstić information content (AvgIpc) is 3.20. The Hall–Kier alpha value is -3.19. The molecule has 2 aliphatic rings. The summed E-state index contributed by atoms with van der Waals surface area (Å²) in [5, 5.41) is 6.10. The van der Waals surface area contributed by atoms with E-state index in [9.17, 15) is 9.59 Å². The molecule has 0 aromatic heterocycles. The maximum absolute atomic E-state index is 13.4. The molecule has 4 rings (SSSR count). The number of piperazine rings is 1. The van der Waals surface area contributed by atoms with Crippen LogP contribution in [0.4, 0.5) is 5.69 Å². The van der Waals surface area contributed by atoms with Crippen LogP contribution in [0.5, 0.6) is 0 Å². The van der Waals surface area contributed by atoms with Gasteiger partial charge in [0.05, 0.1) is 11.7 Å². The van der Waals surface area contributed by atoms with Gasteiger partial charge >= 0.3 is 0 Å². The number of nitrogens with zero attached hydrogens (tertiary/aromatic N) is 4. The molecule has 0 unspecified atom stereocenters. The Bertz CT molecular complexity index is 915. The van der Waals surface area contributed by atoms with Crippen LogP contribution in [0.1, 0.15) is 18.0 Å². The van der Waals surface area contributed by atoms with E-state index in [4.69, 9.17) is 5.73 Å². The van der Waals surface area contributed by atoms with E-state index >= 15 is 0 Å². The first kappa shape index (κ1) is 19.1. The van der Waals surface area contributed by atoms with Crippen molar-refractivity contribution in [2.75, 3.05) is 31.7 Å². The van der Waals surface area contributed by atoms with Crippen molar-refractivity contribution in [1.29, 1.82) is 0 Å². The molecule has 2 heterocycles. The lowest BCUT2D eigenvalue weighted by Gasteiger charge is -2.40. The molecule has 2 aromatic rings. The topological polar surface area (TPSA) is 82.2 Å². The fourth-order valence-electron chi connectivity index (χ4n) is 3.97. The van der Waals surface area contributed by atoms with Crippen molar-refractivity contribution < 1.29 is 9.59 Å². The van der Waals surface area contributed by atoms with Gasteiger partial charge in [-0.1, -0.05) is 48.5 Å². The SMILES string of the molecule is CN1CCN(C(=O)C2=NN(c3ccccc3)[C@H](C(N)=O)C2)[C@@H](c2ccccc2)C1. The lowest BCUT2D eigenvalue weighted by molar-refractivity contribution is -0.128. The van der Waals surface area contributed by atoms with Crippen LogP contribution in [0.25, 0.3) is 0 Å². The largest absolute Gasteiger partial charge is 0.368 e. The highest BCUT2D eigenvalue weighted by Crippen LogP contribution is 2.29. The zero-order valence-corrected chi connectivity index (χ0v) is 16.4. The van der Waals surface area contributed by atoms with Crippen LogP contribution in [0.2, 0.25) is 0 Å². The van der Waals surface area contributed by atoms with Crippen molar-refractivity contribution in [3.05, 3.63) is 66.2 Å². The lowest BCUT2D eigenvalue weighted by atomic mass is 10.0. The average molecular weight is 391 g/mol. The summed E-state index contributed by atoms with van der Waals surface area (Å²) in [5.74, 6) is -0.616. The number of benzene rings is 2. The highest BCUT2D eigenvalue weighted by molar-refractivity contribution is 6.40. The van der Waals surface area contributed by atoms with E-state index < -0.39 is 11.9 Å². The van der Waals surface area contributed by atoms with Crippen LogP contribution in [0.15, 0.2) is 65.8 Å². The van der Waals surface area contributed by atoms with Gasteiger partial charge in [-0.15, -0.1) is 0 Å². The third kappa shape index (κ3) is 3.86. The van der Waals surface area contributed by atoms with Crippen LogP contribution in [0, 0.1) is 0 Å². The van der Waals surface area contributed by atoms with Crippen molar-refractivity contribution in [3.8, 4) is 0 Å². The summed E-state index contributed by atoms with van der Waals surface area (Å²) in [7, 11) is 2.06. The van der Waals surface area contributed by atoms with E-state index in [0.717, 1.165) is 24.3 Å². The summed E-state index contributed by atoms with van der Waals surface area (Å²) in [6.45, 7) is 2.16. The summed E-state index contributed by atoms with van der Waals surface area (Å²) < 4.78 is 0. The molecule has 0 bridgehead atoms. The Morgan fingerprint density at radius 1 is 1.00 bits per heavy atom. The van der Waals surface area contributed by atoms with Crippen LogP contribution < -0.4 is 10.7 Å². The predicted octanol–water partition coefficient (Wildman–Crippen LogP) is 1.62. The number of likely N-dealkylation sites (N-methyl/N-ethyl adjacent to an activating group) is 1. The Morgan fingerprint density at radius 2 is 1.66 bits per heavy atom. The van der Waals surface area contributed by atoms with Gasteiger partial charge in [0.2, 0.25) is 5.91 Å². The Morgan fingerprint density at radius 3 is 2.31 bits per heavy atom. The molecule has 0 saturated carbocycles. The van der Waals surface area contributed by atoms with Crippen LogP contribution >= 0.6 is 0 Å². The first-order valence-electron chi connectivity index (χ1n) is 9.80. The van der Waals surface area contributed by atoms with E-state index in [-0.39, 0.29) is 18.4 Å².